The maximum absolute atomic E-state index is 13.1. The molecule has 0 bridgehead atoms. The van der Waals surface area contributed by atoms with E-state index in [4.69, 9.17) is 37.9 Å². The number of alkyl carbamates (subject to hydrolysis) is 1. The van der Waals surface area contributed by atoms with Gasteiger partial charge in [0.1, 0.15) is 18.2 Å². The fourth-order valence-electron chi connectivity index (χ4n) is 3.99. The van der Waals surface area contributed by atoms with Gasteiger partial charge in [-0.3, -0.25) is 19.2 Å². The predicted octanol–water partition coefficient (Wildman–Crippen LogP) is 1.25. The van der Waals surface area contributed by atoms with Crippen molar-refractivity contribution in [1.29, 1.82) is 0 Å². The molecule has 1 N–H and O–H groups in total. The van der Waals surface area contributed by atoms with Crippen LogP contribution < -0.4 is 5.32 Å². The summed E-state index contributed by atoms with van der Waals surface area (Å²) in [6.45, 7) is 7.55. The number of nitrogens with one attached hydrogen (secondary N) is 1. The summed E-state index contributed by atoms with van der Waals surface area (Å²) in [7, 11) is 0.987. The molecular formula is C29H37NO15. The summed E-state index contributed by atoms with van der Waals surface area (Å²) < 4.78 is 41.6. The van der Waals surface area contributed by atoms with Gasteiger partial charge in [-0.25, -0.2) is 14.4 Å². The van der Waals surface area contributed by atoms with E-state index in [1.165, 1.54) is 0 Å². The van der Waals surface area contributed by atoms with Crippen molar-refractivity contribution in [2.45, 2.75) is 96.9 Å². The number of amides is 1. The van der Waals surface area contributed by atoms with Crippen molar-refractivity contribution in [3.05, 3.63) is 35.9 Å². The van der Waals surface area contributed by atoms with Crippen LogP contribution in [-0.4, -0.2) is 91.4 Å². The van der Waals surface area contributed by atoms with E-state index >= 15 is 0 Å². The first kappa shape index (κ1) is 36.5. The molecular weight excluding hydrogens is 602 g/mol. The fourth-order valence-corrected chi connectivity index (χ4v) is 3.99. The predicted molar refractivity (Wildman–Crippen MR) is 147 cm³/mol. The Hall–Kier alpha value is -4.73. The number of benzene rings is 1. The van der Waals surface area contributed by atoms with Crippen LogP contribution in [0.25, 0.3) is 0 Å². The first-order valence-corrected chi connectivity index (χ1v) is 13.6. The monoisotopic (exact) mass is 639 g/mol. The lowest BCUT2D eigenvalue weighted by Crippen LogP contribution is -2.64. The van der Waals surface area contributed by atoms with Gasteiger partial charge in [-0.15, -0.1) is 0 Å². The number of hydrogen-bond acceptors (Lipinski definition) is 15. The second kappa shape index (κ2) is 16.4. The highest BCUT2D eigenvalue weighted by Crippen LogP contribution is 2.30. The summed E-state index contributed by atoms with van der Waals surface area (Å²) in [6.07, 6.45) is -11.1. The van der Waals surface area contributed by atoms with Crippen molar-refractivity contribution in [2.75, 3.05) is 7.11 Å². The molecule has 1 aliphatic heterocycles. The maximum atomic E-state index is 13.1. The Morgan fingerprint density at radius 1 is 0.822 bits per heavy atom. The highest BCUT2D eigenvalue weighted by Gasteiger charge is 2.56. The third kappa shape index (κ3) is 12.1. The molecule has 1 saturated heterocycles. The van der Waals surface area contributed by atoms with Crippen LogP contribution in [0.1, 0.15) is 53.5 Å². The molecule has 1 fully saturated rings. The van der Waals surface area contributed by atoms with Crippen LogP contribution in [0.4, 0.5) is 4.79 Å². The second-order valence-electron chi connectivity index (χ2n) is 10.7. The largest absolute Gasteiger partial charge is 0.467 e. The van der Waals surface area contributed by atoms with Gasteiger partial charge in [-0.05, 0) is 26.3 Å². The quantitative estimate of drug-likeness (QED) is 0.267. The molecule has 1 unspecified atom stereocenters. The zero-order valence-electron chi connectivity index (χ0n) is 25.9. The first-order valence-electron chi connectivity index (χ1n) is 13.6. The molecule has 1 amide bonds. The Balaban J connectivity index is 2.34. The summed E-state index contributed by atoms with van der Waals surface area (Å²) in [5.41, 5.74) is -0.342. The molecule has 0 aromatic heterocycles. The van der Waals surface area contributed by atoms with E-state index < -0.39 is 90.7 Å². The molecule has 1 aromatic rings. The van der Waals surface area contributed by atoms with Crippen LogP contribution in [-0.2, 0) is 73.3 Å². The number of methoxy groups -OCH3 is 1. The molecule has 0 radical (unpaired) electrons. The Morgan fingerprint density at radius 2 is 1.38 bits per heavy atom. The number of carbonyl (C=O) groups is 7. The highest BCUT2D eigenvalue weighted by atomic mass is 16.8. The van der Waals surface area contributed by atoms with Gasteiger partial charge in [0.25, 0.3) is 0 Å². The minimum Gasteiger partial charge on any atom is -0.467 e. The van der Waals surface area contributed by atoms with E-state index in [0.717, 1.165) is 27.9 Å². The number of esters is 6. The molecule has 16 nitrogen and oxygen atoms in total. The van der Waals surface area contributed by atoms with E-state index in [0.29, 0.717) is 5.56 Å². The number of hydrogen-bond donors (Lipinski definition) is 1. The van der Waals surface area contributed by atoms with E-state index in [2.05, 4.69) is 5.32 Å². The first-order chi connectivity index (χ1) is 21.0. The van der Waals surface area contributed by atoms with Gasteiger partial charge in [0.2, 0.25) is 12.4 Å². The van der Waals surface area contributed by atoms with Crippen LogP contribution in [0.5, 0.6) is 0 Å². The minimum absolute atomic E-state index is 0.110. The minimum atomic E-state index is -1.99. The Kier molecular flexibility index (Phi) is 13.3. The molecule has 248 valence electrons. The second-order valence-corrected chi connectivity index (χ2v) is 10.7. The molecule has 16 heteroatoms. The lowest BCUT2D eigenvalue weighted by Gasteiger charge is -2.42. The molecule has 45 heavy (non-hydrogen) atoms. The Morgan fingerprint density at radius 3 is 1.91 bits per heavy atom. The van der Waals surface area contributed by atoms with Gasteiger partial charge in [0.05, 0.1) is 13.5 Å². The third-order valence-corrected chi connectivity index (χ3v) is 5.65. The Labute approximate surface area is 258 Å². The van der Waals surface area contributed by atoms with Crippen molar-refractivity contribution < 1.29 is 71.5 Å². The maximum Gasteiger partial charge on any atom is 0.410 e. The van der Waals surface area contributed by atoms with Crippen LogP contribution >= 0.6 is 0 Å². The summed E-state index contributed by atoms with van der Waals surface area (Å²) >= 11 is 0. The topological polar surface area (TPSA) is 205 Å². The van der Waals surface area contributed by atoms with Crippen molar-refractivity contribution in [2.24, 2.45) is 0 Å². The average molecular weight is 640 g/mol. The summed E-state index contributed by atoms with van der Waals surface area (Å²) in [5, 5.41) is 2.18. The van der Waals surface area contributed by atoms with Crippen molar-refractivity contribution in [1.82, 2.24) is 5.32 Å². The molecule has 0 aliphatic carbocycles. The van der Waals surface area contributed by atoms with Crippen molar-refractivity contribution in [3.8, 4) is 0 Å². The van der Waals surface area contributed by atoms with Gasteiger partial charge in [0, 0.05) is 20.8 Å². The van der Waals surface area contributed by atoms with Crippen molar-refractivity contribution >= 4 is 41.9 Å². The summed E-state index contributed by atoms with van der Waals surface area (Å²) in [6, 6.07) is 7.06. The zero-order valence-corrected chi connectivity index (χ0v) is 25.9. The highest BCUT2D eigenvalue weighted by molar-refractivity contribution is 5.86. The number of ether oxygens (including phenoxy) is 8. The third-order valence-electron chi connectivity index (χ3n) is 5.65. The van der Waals surface area contributed by atoms with E-state index in [1.54, 1.807) is 51.1 Å². The van der Waals surface area contributed by atoms with E-state index in [1.807, 2.05) is 0 Å². The molecule has 6 atom stereocenters. The van der Waals surface area contributed by atoms with E-state index in [9.17, 15) is 33.6 Å². The van der Waals surface area contributed by atoms with Crippen LogP contribution in [0, 0.1) is 0 Å². The van der Waals surface area contributed by atoms with Gasteiger partial charge in [0.15, 0.2) is 18.3 Å². The molecule has 1 heterocycles. The van der Waals surface area contributed by atoms with Gasteiger partial charge < -0.3 is 43.2 Å². The number of carbonyl (C=O) groups excluding carboxylic acids is 7. The normalized spacial score (nSPS) is 21.6. The molecule has 0 spiro atoms. The summed E-state index contributed by atoms with van der Waals surface area (Å²) in [4.78, 5) is 87.0. The van der Waals surface area contributed by atoms with Crippen LogP contribution in [0.15, 0.2) is 30.3 Å². The Bertz CT molecular complexity index is 1240. The van der Waals surface area contributed by atoms with Gasteiger partial charge >= 0.3 is 41.9 Å². The summed E-state index contributed by atoms with van der Waals surface area (Å²) in [5.74, 6) is -5.83. The lowest BCUT2D eigenvalue weighted by atomic mass is 9.97. The fraction of sp³-hybridized carbons (Fsp3) is 0.552. The SMILES string of the molecule is COC(=O)[C@H]1OC(OC(=O)N[C@@H](CC(=O)OCc2ccccc2)C(=O)OC(C)(C)C)[C@H](OC(C)=O)[C@@H](OC(C)=O)[C@@H]1OC(C)=O. The average Bonchev–Trinajstić information content (AvgIpc) is 2.93. The van der Waals surface area contributed by atoms with Crippen LogP contribution in [0.3, 0.4) is 0 Å². The zero-order chi connectivity index (χ0) is 33.9. The van der Waals surface area contributed by atoms with E-state index in [-0.39, 0.29) is 6.61 Å². The smallest absolute Gasteiger partial charge is 0.410 e. The molecule has 2 rings (SSSR count). The standard InChI is InChI=1S/C29H37NO15/c1-15(31)40-21-22(41-16(2)32)24(42-17(3)33)27(43-23(21)26(36)38-7)44-28(37)30-19(25(35)45-29(4,5)6)13-20(34)39-14-18-11-9-8-10-12-18/h8-12,19,21-24,27H,13-14H2,1-7H3,(H,30,37)/t19-,21-,22-,23-,24+,27?/m0/s1. The lowest BCUT2D eigenvalue weighted by molar-refractivity contribution is -0.288. The number of rotatable bonds is 11. The van der Waals surface area contributed by atoms with Gasteiger partial charge in [-0.1, -0.05) is 30.3 Å². The molecule has 1 aromatic carbocycles. The van der Waals surface area contributed by atoms with Crippen molar-refractivity contribution in [3.63, 3.8) is 0 Å². The van der Waals surface area contributed by atoms with Gasteiger partial charge in [-0.2, -0.15) is 0 Å². The molecule has 1 aliphatic rings. The molecule has 0 saturated carbocycles. The van der Waals surface area contributed by atoms with Crippen LogP contribution in [0.2, 0.25) is 0 Å².